The predicted octanol–water partition coefficient (Wildman–Crippen LogP) is 4.89. The zero-order chi connectivity index (χ0) is 23.4. The third-order valence-corrected chi connectivity index (χ3v) is 6.42. The van der Waals surface area contributed by atoms with E-state index in [2.05, 4.69) is 42.2 Å². The van der Waals surface area contributed by atoms with Gasteiger partial charge in [0.05, 0.1) is 33.9 Å². The van der Waals surface area contributed by atoms with Crippen molar-refractivity contribution in [3.8, 4) is 17.7 Å². The molecule has 0 unspecified atom stereocenters. The van der Waals surface area contributed by atoms with Crippen molar-refractivity contribution in [3.05, 3.63) is 62.9 Å². The van der Waals surface area contributed by atoms with Crippen molar-refractivity contribution in [3.63, 3.8) is 0 Å². The molecule has 2 N–H and O–H groups in total. The number of nitrogens with one attached hydrogen (secondary N) is 1. The fraction of sp³-hybridized carbons (Fsp3) is 0.348. The second-order valence-corrected chi connectivity index (χ2v) is 9.34. The van der Waals surface area contributed by atoms with E-state index in [0.29, 0.717) is 39.2 Å². The summed E-state index contributed by atoms with van der Waals surface area (Å²) in [6, 6.07) is 5.65. The minimum Gasteiger partial charge on any atom is -0.436 e. The number of anilines is 1. The van der Waals surface area contributed by atoms with E-state index in [1.165, 1.54) is 10.6 Å². The highest BCUT2D eigenvalue weighted by Crippen LogP contribution is 2.36. The van der Waals surface area contributed by atoms with Gasteiger partial charge in [-0.3, -0.25) is 15.2 Å². The highest BCUT2D eigenvalue weighted by Gasteiger charge is 2.21. The van der Waals surface area contributed by atoms with Crippen LogP contribution < -0.4 is 10.1 Å². The molecule has 1 saturated heterocycles. The molecule has 0 atom stereocenters. The van der Waals surface area contributed by atoms with Gasteiger partial charge in [-0.25, -0.2) is 4.98 Å². The number of nitrogens with zero attached hydrogens (tertiary/aromatic N) is 5. The van der Waals surface area contributed by atoms with Crippen LogP contribution in [0.3, 0.4) is 0 Å². The van der Waals surface area contributed by atoms with Crippen LogP contribution in [0.4, 0.5) is 5.95 Å². The number of hydrogen-bond acceptors (Lipinski definition) is 8. The Labute approximate surface area is 206 Å². The molecule has 1 aromatic carbocycles. The molecular formula is C23H24BrClN6O2. The Hall–Kier alpha value is -2.64. The zero-order valence-corrected chi connectivity index (χ0v) is 20.5. The van der Waals surface area contributed by atoms with Gasteiger partial charge in [0.2, 0.25) is 11.8 Å². The maximum absolute atomic E-state index is 9.41. The molecule has 0 aliphatic carbocycles. The van der Waals surface area contributed by atoms with E-state index >= 15 is 0 Å². The van der Waals surface area contributed by atoms with Crippen LogP contribution in [0.2, 0.25) is 5.02 Å². The van der Waals surface area contributed by atoms with Crippen molar-refractivity contribution in [2.24, 2.45) is 0 Å². The summed E-state index contributed by atoms with van der Waals surface area (Å²) in [5, 5.41) is 23.5. The molecule has 33 heavy (non-hydrogen) atoms. The van der Waals surface area contributed by atoms with Crippen molar-refractivity contribution >= 4 is 33.5 Å². The standard InChI is InChI=1S/C23H24BrClN6O2/c1-15-10-17(12-26)11-20(25)21(15)33-22-19(24)13-27-23(29-22)28-18-4-6-30(7-5-18)14-16-2-8-31(32)9-3-16/h2-3,8,10-11,13,18,32H,4-7,9,14H2,1H3,(H,27,28,29). The van der Waals surface area contributed by atoms with Crippen molar-refractivity contribution in [2.45, 2.75) is 25.8 Å². The van der Waals surface area contributed by atoms with E-state index in [1.807, 2.05) is 19.1 Å². The smallest absolute Gasteiger partial charge is 0.238 e. The Kier molecular flexibility index (Phi) is 7.50. The molecule has 2 aromatic rings. The maximum atomic E-state index is 9.41. The molecule has 8 nitrogen and oxygen atoms in total. The van der Waals surface area contributed by atoms with Crippen molar-refractivity contribution in [1.29, 1.82) is 5.26 Å². The van der Waals surface area contributed by atoms with Gasteiger partial charge in [0.15, 0.2) is 5.75 Å². The number of ether oxygens (including phenoxy) is 1. The Morgan fingerprint density at radius 1 is 1.36 bits per heavy atom. The molecule has 0 radical (unpaired) electrons. The van der Waals surface area contributed by atoms with E-state index < -0.39 is 0 Å². The third-order valence-electron chi connectivity index (χ3n) is 5.60. The number of hydroxylamine groups is 2. The summed E-state index contributed by atoms with van der Waals surface area (Å²) in [6.45, 7) is 5.18. The minimum atomic E-state index is 0.263. The lowest BCUT2D eigenvalue weighted by atomic mass is 10.0. The van der Waals surface area contributed by atoms with E-state index in [-0.39, 0.29) is 6.04 Å². The number of piperidine rings is 1. The number of likely N-dealkylation sites (tertiary alicyclic amines) is 1. The first kappa shape index (κ1) is 23.5. The lowest BCUT2D eigenvalue weighted by Gasteiger charge is -2.33. The number of hydrogen-bond donors (Lipinski definition) is 2. The molecule has 3 heterocycles. The maximum Gasteiger partial charge on any atom is 0.238 e. The normalized spacial score (nSPS) is 16.9. The van der Waals surface area contributed by atoms with Crippen molar-refractivity contribution in [1.82, 2.24) is 19.9 Å². The second kappa shape index (κ2) is 10.5. The van der Waals surface area contributed by atoms with E-state index in [0.717, 1.165) is 38.0 Å². The molecule has 0 amide bonds. The summed E-state index contributed by atoms with van der Waals surface area (Å²) in [6.07, 6.45) is 9.29. The zero-order valence-electron chi connectivity index (χ0n) is 18.1. The van der Waals surface area contributed by atoms with Gasteiger partial charge < -0.3 is 10.1 Å². The summed E-state index contributed by atoms with van der Waals surface area (Å²) >= 11 is 9.76. The van der Waals surface area contributed by atoms with Crippen LogP contribution in [0.15, 0.2) is 46.7 Å². The highest BCUT2D eigenvalue weighted by atomic mass is 79.9. The largest absolute Gasteiger partial charge is 0.436 e. The molecule has 0 bridgehead atoms. The monoisotopic (exact) mass is 530 g/mol. The van der Waals surface area contributed by atoms with Gasteiger partial charge in [-0.05, 0) is 65.0 Å². The first-order chi connectivity index (χ1) is 15.9. The van der Waals surface area contributed by atoms with Crippen LogP contribution in [0.25, 0.3) is 0 Å². The first-order valence-electron chi connectivity index (χ1n) is 10.6. The van der Waals surface area contributed by atoms with Gasteiger partial charge in [0, 0.05) is 31.9 Å². The minimum absolute atomic E-state index is 0.263. The van der Waals surface area contributed by atoms with Crippen molar-refractivity contribution in [2.75, 3.05) is 31.5 Å². The molecule has 1 aromatic heterocycles. The summed E-state index contributed by atoms with van der Waals surface area (Å²) in [4.78, 5) is 11.3. The van der Waals surface area contributed by atoms with Gasteiger partial charge in [-0.2, -0.15) is 10.2 Å². The summed E-state index contributed by atoms with van der Waals surface area (Å²) in [7, 11) is 0. The number of rotatable bonds is 6. The predicted molar refractivity (Wildman–Crippen MR) is 130 cm³/mol. The van der Waals surface area contributed by atoms with Crippen molar-refractivity contribution < 1.29 is 9.94 Å². The van der Waals surface area contributed by atoms with Crippen LogP contribution in [-0.4, -0.2) is 57.4 Å². The van der Waals surface area contributed by atoms with Gasteiger partial charge >= 0.3 is 0 Å². The van der Waals surface area contributed by atoms with E-state index in [4.69, 9.17) is 21.6 Å². The highest BCUT2D eigenvalue weighted by molar-refractivity contribution is 9.10. The molecule has 2 aliphatic rings. The SMILES string of the molecule is Cc1cc(C#N)cc(Cl)c1Oc1nc(NC2CCN(CC3=CCN(O)C=C3)CC2)ncc1Br. The molecule has 0 spiro atoms. The number of benzene rings is 1. The lowest BCUT2D eigenvalue weighted by Crippen LogP contribution is -2.40. The van der Waals surface area contributed by atoms with E-state index in [1.54, 1.807) is 24.5 Å². The Morgan fingerprint density at radius 2 is 2.15 bits per heavy atom. The summed E-state index contributed by atoms with van der Waals surface area (Å²) < 4.78 is 6.60. The average Bonchev–Trinajstić information content (AvgIpc) is 2.81. The molecule has 4 rings (SSSR count). The van der Waals surface area contributed by atoms with Crippen LogP contribution in [0, 0.1) is 18.3 Å². The number of aryl methyl sites for hydroxylation is 1. The number of aromatic nitrogens is 2. The first-order valence-corrected chi connectivity index (χ1v) is 11.8. The Bertz CT molecular complexity index is 1100. The van der Waals surface area contributed by atoms with Crippen LogP contribution in [0.1, 0.15) is 24.0 Å². The van der Waals surface area contributed by atoms with Crippen LogP contribution >= 0.6 is 27.5 Å². The topological polar surface area (TPSA) is 97.5 Å². The third kappa shape index (κ3) is 6.03. The van der Waals surface area contributed by atoms with Crippen LogP contribution in [0.5, 0.6) is 11.6 Å². The number of halogens is 2. The quantitative estimate of drug-likeness (QED) is 0.544. The van der Waals surface area contributed by atoms with Gasteiger partial charge in [-0.15, -0.1) is 0 Å². The molecule has 1 fully saturated rings. The fourth-order valence-corrected chi connectivity index (χ4v) is 4.41. The second-order valence-electron chi connectivity index (χ2n) is 8.08. The average molecular weight is 532 g/mol. The van der Waals surface area contributed by atoms with E-state index in [9.17, 15) is 5.21 Å². The lowest BCUT2D eigenvalue weighted by molar-refractivity contribution is -0.0307. The van der Waals surface area contributed by atoms with Gasteiger partial charge in [0.1, 0.15) is 0 Å². The summed E-state index contributed by atoms with van der Waals surface area (Å²) in [5.74, 6) is 1.31. The van der Waals surface area contributed by atoms with Gasteiger partial charge in [-0.1, -0.05) is 17.7 Å². The fourth-order valence-electron chi connectivity index (χ4n) is 3.83. The molecule has 10 heteroatoms. The summed E-state index contributed by atoms with van der Waals surface area (Å²) in [5.41, 5.74) is 2.45. The molecule has 2 aliphatic heterocycles. The molecule has 0 saturated carbocycles. The molecule has 172 valence electrons. The van der Waals surface area contributed by atoms with Crippen LogP contribution in [-0.2, 0) is 0 Å². The Balaban J connectivity index is 1.36. The Morgan fingerprint density at radius 3 is 2.82 bits per heavy atom. The molecular weight excluding hydrogens is 508 g/mol. The number of nitriles is 1. The van der Waals surface area contributed by atoms with Gasteiger partial charge in [0.25, 0.3) is 0 Å².